The summed E-state index contributed by atoms with van der Waals surface area (Å²) in [5.41, 5.74) is 0.970. The number of aromatic nitrogens is 3. The van der Waals surface area contributed by atoms with Crippen LogP contribution in [0.4, 0.5) is 11.6 Å². The van der Waals surface area contributed by atoms with Crippen LogP contribution in [0.5, 0.6) is 11.5 Å². The summed E-state index contributed by atoms with van der Waals surface area (Å²) >= 11 is 0. The number of ether oxygens (including phenoxy) is 1. The molecule has 1 aromatic carbocycles. The van der Waals surface area contributed by atoms with Crippen LogP contribution in [0.25, 0.3) is 5.65 Å². The summed E-state index contributed by atoms with van der Waals surface area (Å²) in [6, 6.07) is 7.50. The van der Waals surface area contributed by atoms with E-state index in [0.29, 0.717) is 17.1 Å². The highest BCUT2D eigenvalue weighted by Gasteiger charge is 2.15. The molecule has 0 amide bonds. The molecule has 0 spiro atoms. The second kappa shape index (κ2) is 6.82. The number of pyridine rings is 1. The minimum absolute atomic E-state index is 0.132. The smallest absolute Gasteiger partial charge is 0.511 e. The predicted molar refractivity (Wildman–Crippen MR) is 93.2 cm³/mol. The number of nitrogens with zero attached hydrogens (tertiary/aromatic N) is 3. The number of benzene rings is 1. The lowest BCUT2D eigenvalue weighted by Gasteiger charge is -2.10. The summed E-state index contributed by atoms with van der Waals surface area (Å²) in [5.74, 6) is 0.746. The molecule has 0 saturated heterocycles. The fourth-order valence-electron chi connectivity index (χ4n) is 2.23. The fraction of sp³-hybridized carbons (Fsp3) is 0.143. The van der Waals surface area contributed by atoms with E-state index in [1.165, 1.54) is 36.0 Å². The lowest BCUT2D eigenvalue weighted by Crippen LogP contribution is -2.20. The highest BCUT2D eigenvalue weighted by atomic mass is 32.2. The van der Waals surface area contributed by atoms with Crippen molar-refractivity contribution in [3.05, 3.63) is 36.5 Å². The first-order chi connectivity index (χ1) is 12.3. The van der Waals surface area contributed by atoms with Crippen molar-refractivity contribution in [3.63, 3.8) is 0 Å². The van der Waals surface area contributed by atoms with Crippen LogP contribution in [-0.4, -0.2) is 53.8 Å². The molecule has 2 aromatic heterocycles. The van der Waals surface area contributed by atoms with Gasteiger partial charge in [-0.25, -0.2) is 12.9 Å². The van der Waals surface area contributed by atoms with Crippen molar-refractivity contribution in [1.29, 1.82) is 0 Å². The van der Waals surface area contributed by atoms with Gasteiger partial charge < -0.3 is 24.8 Å². The Morgan fingerprint density at radius 3 is 2.65 bits per heavy atom. The quantitative estimate of drug-likeness (QED) is 0.515. The molecule has 26 heavy (non-hydrogen) atoms. The summed E-state index contributed by atoms with van der Waals surface area (Å²) in [7, 11) is -3.87. The number of hydrogen-bond donors (Lipinski definition) is 3. The molecule has 136 valence electrons. The van der Waals surface area contributed by atoms with E-state index in [9.17, 15) is 8.42 Å². The van der Waals surface area contributed by atoms with Gasteiger partial charge in [-0.3, -0.25) is 0 Å². The van der Waals surface area contributed by atoms with Gasteiger partial charge in [-0.1, -0.05) is 0 Å². The van der Waals surface area contributed by atoms with Crippen LogP contribution in [0, 0.1) is 0 Å². The van der Waals surface area contributed by atoms with Crippen LogP contribution in [-0.2, 0) is 9.84 Å². The Morgan fingerprint density at radius 2 is 2.00 bits per heavy atom. The summed E-state index contributed by atoms with van der Waals surface area (Å²) in [6.45, 7) is 0. The maximum Gasteiger partial charge on any atom is 0.707 e. The van der Waals surface area contributed by atoms with Gasteiger partial charge in [0.25, 0.3) is 0 Å². The maximum absolute atomic E-state index is 11.6. The fourth-order valence-corrected chi connectivity index (χ4v) is 2.87. The number of anilines is 2. The zero-order valence-electron chi connectivity index (χ0n) is 13.8. The van der Waals surface area contributed by atoms with Gasteiger partial charge in [-0.2, -0.15) is 4.98 Å². The Morgan fingerprint density at radius 1 is 1.23 bits per heavy atom. The van der Waals surface area contributed by atoms with Crippen molar-refractivity contribution < 1.29 is 27.9 Å². The SMILES string of the molecule is COc1cc(S(C)(=O)=O)ccc1Nc1nc2ccc(OB(O)O)cn2n1. The van der Waals surface area contributed by atoms with Gasteiger partial charge >= 0.3 is 7.32 Å². The molecule has 0 aliphatic carbocycles. The molecule has 0 atom stereocenters. The third-order valence-electron chi connectivity index (χ3n) is 3.39. The van der Waals surface area contributed by atoms with Gasteiger partial charge in [0.15, 0.2) is 15.5 Å². The van der Waals surface area contributed by atoms with Gasteiger partial charge in [0.1, 0.15) is 11.5 Å². The van der Waals surface area contributed by atoms with Crippen LogP contribution in [0.2, 0.25) is 0 Å². The number of hydrogen-bond acceptors (Lipinski definition) is 9. The van der Waals surface area contributed by atoms with Gasteiger partial charge in [0.05, 0.1) is 23.9 Å². The first-order valence-corrected chi connectivity index (χ1v) is 9.20. The van der Waals surface area contributed by atoms with E-state index in [-0.39, 0.29) is 16.6 Å². The van der Waals surface area contributed by atoms with Crippen LogP contribution < -0.4 is 14.7 Å². The average Bonchev–Trinajstić information content (AvgIpc) is 2.95. The summed E-state index contributed by atoms with van der Waals surface area (Å²) in [5, 5.41) is 24.8. The molecule has 0 unspecified atom stereocenters. The Balaban J connectivity index is 1.91. The van der Waals surface area contributed by atoms with Crippen molar-refractivity contribution >= 4 is 34.4 Å². The number of rotatable bonds is 6. The first kappa shape index (κ1) is 18.0. The zero-order chi connectivity index (χ0) is 18.9. The van der Waals surface area contributed by atoms with Gasteiger partial charge in [-0.05, 0) is 24.3 Å². The molecular weight excluding hydrogens is 363 g/mol. The molecular formula is C14H15BN4O6S. The van der Waals surface area contributed by atoms with Gasteiger partial charge in [-0.15, -0.1) is 5.10 Å². The molecule has 0 aliphatic heterocycles. The van der Waals surface area contributed by atoms with E-state index in [1.54, 1.807) is 12.1 Å². The number of fused-ring (bicyclic) bond motifs is 1. The molecule has 0 radical (unpaired) electrons. The summed E-state index contributed by atoms with van der Waals surface area (Å²) < 4.78 is 34.7. The maximum atomic E-state index is 11.6. The van der Waals surface area contributed by atoms with Gasteiger partial charge in [0, 0.05) is 12.3 Å². The third kappa shape index (κ3) is 3.87. The Kier molecular flexibility index (Phi) is 4.72. The van der Waals surface area contributed by atoms with Crippen molar-refractivity contribution in [3.8, 4) is 11.5 Å². The van der Waals surface area contributed by atoms with E-state index in [1.807, 2.05) is 0 Å². The average molecular weight is 378 g/mol. The Hall–Kier alpha value is -2.83. The largest absolute Gasteiger partial charge is 0.707 e. The number of nitrogens with one attached hydrogen (secondary N) is 1. The molecule has 2 heterocycles. The molecule has 12 heteroatoms. The molecule has 0 fully saturated rings. The molecule has 0 saturated carbocycles. The predicted octanol–water partition coefficient (Wildman–Crippen LogP) is 0.233. The lowest BCUT2D eigenvalue weighted by molar-refractivity contribution is 0.287. The van der Waals surface area contributed by atoms with E-state index < -0.39 is 17.2 Å². The molecule has 0 bridgehead atoms. The van der Waals surface area contributed by atoms with Crippen molar-refractivity contribution in [2.75, 3.05) is 18.7 Å². The van der Waals surface area contributed by atoms with E-state index in [0.717, 1.165) is 6.26 Å². The van der Waals surface area contributed by atoms with Crippen LogP contribution in [0.1, 0.15) is 0 Å². The normalized spacial score (nSPS) is 11.4. The van der Waals surface area contributed by atoms with E-state index in [4.69, 9.17) is 19.4 Å². The van der Waals surface area contributed by atoms with Crippen molar-refractivity contribution in [2.45, 2.75) is 4.90 Å². The monoisotopic (exact) mass is 378 g/mol. The topological polar surface area (TPSA) is 135 Å². The second-order valence-electron chi connectivity index (χ2n) is 5.31. The molecule has 3 N–H and O–H groups in total. The van der Waals surface area contributed by atoms with Crippen molar-refractivity contribution in [1.82, 2.24) is 14.6 Å². The molecule has 10 nitrogen and oxygen atoms in total. The van der Waals surface area contributed by atoms with Crippen LogP contribution >= 0.6 is 0 Å². The number of methoxy groups -OCH3 is 1. The van der Waals surface area contributed by atoms with E-state index >= 15 is 0 Å². The van der Waals surface area contributed by atoms with Gasteiger partial charge in [0.2, 0.25) is 5.95 Å². The highest BCUT2D eigenvalue weighted by molar-refractivity contribution is 7.90. The highest BCUT2D eigenvalue weighted by Crippen LogP contribution is 2.29. The molecule has 0 aliphatic rings. The Labute approximate surface area is 149 Å². The number of sulfone groups is 1. The Bertz CT molecular complexity index is 1050. The van der Waals surface area contributed by atoms with Crippen LogP contribution in [0.3, 0.4) is 0 Å². The van der Waals surface area contributed by atoms with E-state index in [2.05, 4.69) is 15.4 Å². The first-order valence-electron chi connectivity index (χ1n) is 7.30. The zero-order valence-corrected chi connectivity index (χ0v) is 14.6. The second-order valence-corrected chi connectivity index (χ2v) is 7.32. The minimum atomic E-state index is -3.36. The standard InChI is InChI=1S/C14H15BN4O6S/c1-24-12-7-10(26(2,22)23)4-5-11(12)16-14-17-13-6-3-9(25-15(20)21)8-19(13)18-14/h3-8,20-21H,1-2H3,(H,16,18). The van der Waals surface area contributed by atoms with Crippen LogP contribution in [0.15, 0.2) is 41.4 Å². The minimum Gasteiger partial charge on any atom is -0.511 e. The third-order valence-corrected chi connectivity index (χ3v) is 4.50. The lowest BCUT2D eigenvalue weighted by atomic mass is 10.2. The summed E-state index contributed by atoms with van der Waals surface area (Å²) in [6.07, 6.45) is 2.54. The molecule has 3 rings (SSSR count). The van der Waals surface area contributed by atoms with Crippen molar-refractivity contribution in [2.24, 2.45) is 0 Å². The molecule has 3 aromatic rings. The summed E-state index contributed by atoms with van der Waals surface area (Å²) in [4.78, 5) is 4.39.